The second-order valence-electron chi connectivity index (χ2n) is 10.1. The molecule has 0 atom stereocenters. The van der Waals surface area contributed by atoms with Gasteiger partial charge in [-0.1, -0.05) is 11.6 Å². The number of hydrogen-bond acceptors (Lipinski definition) is 7. The van der Waals surface area contributed by atoms with E-state index < -0.39 is 11.5 Å². The lowest BCUT2D eigenvalue weighted by molar-refractivity contribution is -0.127. The molecule has 1 aromatic rings. The quantitative estimate of drug-likeness (QED) is 0.410. The van der Waals surface area contributed by atoms with Gasteiger partial charge in [-0.25, -0.2) is 9.78 Å². The Balaban J connectivity index is 1.49. The van der Waals surface area contributed by atoms with Gasteiger partial charge in [-0.3, -0.25) is 20.4 Å². The number of aromatic nitrogens is 1. The van der Waals surface area contributed by atoms with E-state index in [9.17, 15) is 14.4 Å². The average Bonchev–Trinajstić information content (AvgIpc) is 2.81. The fourth-order valence-electron chi connectivity index (χ4n) is 4.29. The normalized spacial score (nSPS) is 21.1. The molecule has 0 bridgehead atoms. The molecular formula is C24H36ClN5O5. The highest BCUT2D eigenvalue weighted by molar-refractivity contribution is 6.29. The van der Waals surface area contributed by atoms with E-state index in [0.717, 1.165) is 12.8 Å². The minimum atomic E-state index is -0.555. The molecule has 0 unspecified atom stereocenters. The summed E-state index contributed by atoms with van der Waals surface area (Å²) in [7, 11) is 1.73. The molecule has 2 heterocycles. The maximum Gasteiger partial charge on any atom is 0.410 e. The number of pyridine rings is 1. The summed E-state index contributed by atoms with van der Waals surface area (Å²) < 4.78 is 10.8. The van der Waals surface area contributed by atoms with Gasteiger partial charge in [0, 0.05) is 44.5 Å². The number of rotatable bonds is 5. The van der Waals surface area contributed by atoms with E-state index in [2.05, 4.69) is 21.2 Å². The molecule has 0 aromatic carbocycles. The van der Waals surface area contributed by atoms with Crippen molar-refractivity contribution in [2.24, 2.45) is 5.92 Å². The van der Waals surface area contributed by atoms with E-state index in [-0.39, 0.29) is 35.2 Å². The van der Waals surface area contributed by atoms with Crippen LogP contribution in [-0.2, 0) is 14.3 Å². The molecule has 3 rings (SSSR count). The van der Waals surface area contributed by atoms with Crippen molar-refractivity contribution in [3.8, 4) is 0 Å². The number of halogens is 1. The SMILES string of the molecule is CN(C(=O)OC(C)(C)C)C1CCC(C(=O)NNC(=O)c2cnc(Cl)cc2NC2CCOCC2)CC1. The monoisotopic (exact) mass is 509 g/mol. The number of nitrogens with zero attached hydrogens (tertiary/aromatic N) is 2. The molecule has 3 N–H and O–H groups in total. The van der Waals surface area contributed by atoms with Crippen LogP contribution < -0.4 is 16.2 Å². The Morgan fingerprint density at radius 1 is 1.09 bits per heavy atom. The van der Waals surface area contributed by atoms with Crippen LogP contribution in [0.4, 0.5) is 10.5 Å². The Morgan fingerprint density at radius 2 is 1.74 bits per heavy atom. The number of carbonyl (C=O) groups excluding carboxylic acids is 3. The second kappa shape index (κ2) is 11.9. The van der Waals surface area contributed by atoms with Crippen LogP contribution >= 0.6 is 11.6 Å². The maximum absolute atomic E-state index is 12.8. The number of amides is 3. The zero-order chi connectivity index (χ0) is 25.6. The van der Waals surface area contributed by atoms with Gasteiger partial charge in [0.2, 0.25) is 5.91 Å². The Hall–Kier alpha value is -2.59. The minimum absolute atomic E-state index is 0.0162. The first-order chi connectivity index (χ1) is 16.5. The van der Waals surface area contributed by atoms with Crippen LogP contribution in [0.2, 0.25) is 5.15 Å². The van der Waals surface area contributed by atoms with Crippen LogP contribution in [0.25, 0.3) is 0 Å². The zero-order valence-corrected chi connectivity index (χ0v) is 21.6. The summed E-state index contributed by atoms with van der Waals surface area (Å²) in [6.07, 6.45) is 5.26. The average molecular weight is 510 g/mol. The van der Waals surface area contributed by atoms with Gasteiger partial charge in [0.05, 0.1) is 11.3 Å². The molecule has 1 aromatic heterocycles. The highest BCUT2D eigenvalue weighted by Gasteiger charge is 2.32. The fourth-order valence-corrected chi connectivity index (χ4v) is 4.45. The Bertz CT molecular complexity index is 908. The van der Waals surface area contributed by atoms with Crippen molar-refractivity contribution in [1.82, 2.24) is 20.7 Å². The highest BCUT2D eigenvalue weighted by atomic mass is 35.5. The number of hydrogen-bond donors (Lipinski definition) is 3. The van der Waals surface area contributed by atoms with Gasteiger partial charge in [-0.05, 0) is 65.4 Å². The van der Waals surface area contributed by atoms with E-state index >= 15 is 0 Å². The summed E-state index contributed by atoms with van der Waals surface area (Å²) in [6.45, 7) is 6.81. The van der Waals surface area contributed by atoms with Crippen LogP contribution in [-0.4, -0.2) is 65.7 Å². The molecule has 2 fully saturated rings. The van der Waals surface area contributed by atoms with Gasteiger partial charge >= 0.3 is 6.09 Å². The van der Waals surface area contributed by atoms with E-state index in [0.29, 0.717) is 50.1 Å². The smallest absolute Gasteiger partial charge is 0.410 e. The van der Waals surface area contributed by atoms with Crippen LogP contribution in [0, 0.1) is 5.92 Å². The summed E-state index contributed by atoms with van der Waals surface area (Å²) >= 11 is 6.04. The summed E-state index contributed by atoms with van der Waals surface area (Å²) in [6, 6.07) is 1.79. The molecule has 1 saturated heterocycles. The fraction of sp³-hybridized carbons (Fsp3) is 0.667. The molecular weight excluding hydrogens is 474 g/mol. The summed E-state index contributed by atoms with van der Waals surface area (Å²) in [5.41, 5.74) is 5.35. The van der Waals surface area contributed by atoms with Gasteiger partial charge in [-0.2, -0.15) is 0 Å². The van der Waals surface area contributed by atoms with Crippen LogP contribution in [0.5, 0.6) is 0 Å². The number of anilines is 1. The zero-order valence-electron chi connectivity index (χ0n) is 20.9. The molecule has 1 aliphatic heterocycles. The van der Waals surface area contributed by atoms with E-state index in [4.69, 9.17) is 21.1 Å². The highest BCUT2D eigenvalue weighted by Crippen LogP contribution is 2.28. The lowest BCUT2D eigenvalue weighted by Gasteiger charge is -2.35. The number of ether oxygens (including phenoxy) is 2. The third-order valence-electron chi connectivity index (χ3n) is 6.29. The number of carbonyl (C=O) groups is 3. The van der Waals surface area contributed by atoms with Crippen molar-refractivity contribution in [2.45, 2.75) is 77.0 Å². The molecule has 2 aliphatic rings. The molecule has 0 spiro atoms. The third kappa shape index (κ3) is 7.96. The van der Waals surface area contributed by atoms with Gasteiger partial charge in [0.25, 0.3) is 5.91 Å². The lowest BCUT2D eigenvalue weighted by atomic mass is 9.85. The maximum atomic E-state index is 12.8. The molecule has 1 saturated carbocycles. The summed E-state index contributed by atoms with van der Waals surface area (Å²) in [5.74, 6) is -0.977. The van der Waals surface area contributed by atoms with Crippen molar-refractivity contribution in [3.05, 3.63) is 23.0 Å². The Kier molecular flexibility index (Phi) is 9.18. The third-order valence-corrected chi connectivity index (χ3v) is 6.50. The predicted molar refractivity (Wildman–Crippen MR) is 132 cm³/mol. The van der Waals surface area contributed by atoms with Crippen molar-refractivity contribution in [3.63, 3.8) is 0 Å². The summed E-state index contributed by atoms with van der Waals surface area (Å²) in [4.78, 5) is 43.4. The van der Waals surface area contributed by atoms with Gasteiger partial charge in [0.15, 0.2) is 0 Å². The molecule has 35 heavy (non-hydrogen) atoms. The van der Waals surface area contributed by atoms with E-state index in [1.807, 2.05) is 20.8 Å². The van der Waals surface area contributed by atoms with Crippen LogP contribution in [0.3, 0.4) is 0 Å². The lowest BCUT2D eigenvalue weighted by Crippen LogP contribution is -2.47. The largest absolute Gasteiger partial charge is 0.444 e. The molecule has 3 amide bonds. The van der Waals surface area contributed by atoms with Crippen molar-refractivity contribution >= 4 is 35.2 Å². The van der Waals surface area contributed by atoms with Crippen molar-refractivity contribution in [2.75, 3.05) is 25.6 Å². The van der Waals surface area contributed by atoms with Crippen molar-refractivity contribution in [1.29, 1.82) is 0 Å². The second-order valence-corrected chi connectivity index (χ2v) is 10.5. The van der Waals surface area contributed by atoms with E-state index in [1.165, 1.54) is 6.20 Å². The van der Waals surface area contributed by atoms with E-state index in [1.54, 1.807) is 18.0 Å². The Labute approximate surface area is 211 Å². The van der Waals surface area contributed by atoms with Crippen molar-refractivity contribution < 1.29 is 23.9 Å². The number of nitrogens with one attached hydrogen (secondary N) is 3. The first-order valence-corrected chi connectivity index (χ1v) is 12.5. The first kappa shape index (κ1) is 27.0. The van der Waals surface area contributed by atoms with Crippen LogP contribution in [0.1, 0.15) is 69.7 Å². The minimum Gasteiger partial charge on any atom is -0.444 e. The number of hydrazine groups is 1. The molecule has 194 valence electrons. The van der Waals surface area contributed by atoms with Crippen LogP contribution in [0.15, 0.2) is 12.3 Å². The molecule has 10 nitrogen and oxygen atoms in total. The Morgan fingerprint density at radius 3 is 2.37 bits per heavy atom. The predicted octanol–water partition coefficient (Wildman–Crippen LogP) is 3.51. The molecule has 1 aliphatic carbocycles. The molecule has 11 heteroatoms. The standard InChI is InChI=1S/C24H36ClN5O5/c1-24(2,3)35-23(33)30(4)17-7-5-15(6-8-17)21(31)28-29-22(32)18-14-26-20(25)13-19(18)27-16-9-11-34-12-10-16/h13-17H,5-12H2,1-4H3,(H,26,27)(H,28,31)(H,29,32). The molecule has 0 radical (unpaired) electrons. The van der Waals surface area contributed by atoms with Gasteiger partial charge in [-0.15, -0.1) is 0 Å². The topological polar surface area (TPSA) is 122 Å². The van der Waals surface area contributed by atoms with Gasteiger partial charge in [0.1, 0.15) is 10.8 Å². The first-order valence-electron chi connectivity index (χ1n) is 12.1. The summed E-state index contributed by atoms with van der Waals surface area (Å²) in [5, 5.41) is 3.61. The van der Waals surface area contributed by atoms with Gasteiger partial charge < -0.3 is 19.7 Å².